The molecule has 0 spiro atoms. The highest BCUT2D eigenvalue weighted by Gasteiger charge is 2.37. The van der Waals surface area contributed by atoms with Gasteiger partial charge >= 0.3 is 0 Å². The third kappa shape index (κ3) is 3.05. The van der Waals surface area contributed by atoms with E-state index in [1.54, 1.807) is 11.3 Å². The van der Waals surface area contributed by atoms with Crippen LogP contribution in [0.2, 0.25) is 0 Å². The Balaban J connectivity index is 1.69. The normalized spacial score (nSPS) is 18.1. The number of carbonyl (C=O) groups is 1. The lowest BCUT2D eigenvalue weighted by Gasteiger charge is -2.24. The van der Waals surface area contributed by atoms with E-state index in [4.69, 9.17) is 5.73 Å². The van der Waals surface area contributed by atoms with Crippen LogP contribution in [0.15, 0.2) is 35.7 Å². The largest absolute Gasteiger partial charge is 0.346 e. The number of nitrogens with zero attached hydrogens (tertiary/aromatic N) is 1. The first-order valence-corrected chi connectivity index (χ1v) is 8.57. The summed E-state index contributed by atoms with van der Waals surface area (Å²) >= 11 is 1.57. The Morgan fingerprint density at radius 1 is 1.32 bits per heavy atom. The van der Waals surface area contributed by atoms with Crippen LogP contribution in [-0.2, 0) is 4.79 Å². The Hall–Kier alpha value is -1.72. The highest BCUT2D eigenvalue weighted by Crippen LogP contribution is 2.29. The van der Waals surface area contributed by atoms with Crippen LogP contribution in [0.4, 0.5) is 0 Å². The van der Waals surface area contributed by atoms with Crippen LogP contribution >= 0.6 is 11.3 Å². The predicted molar refractivity (Wildman–Crippen MR) is 89.5 cm³/mol. The minimum Gasteiger partial charge on any atom is -0.346 e. The van der Waals surface area contributed by atoms with Gasteiger partial charge in [0.2, 0.25) is 5.91 Å². The van der Waals surface area contributed by atoms with E-state index in [9.17, 15) is 4.79 Å². The minimum atomic E-state index is -0.687. The molecule has 3 rings (SSSR count). The molecule has 2 aromatic rings. The molecule has 1 aliphatic carbocycles. The third-order valence-electron chi connectivity index (χ3n) is 4.26. The zero-order valence-electron chi connectivity index (χ0n) is 12.7. The molecule has 5 heteroatoms. The highest BCUT2D eigenvalue weighted by molar-refractivity contribution is 7.10. The first-order valence-electron chi connectivity index (χ1n) is 7.69. The molecule has 0 saturated heterocycles. The molecule has 3 N–H and O–H groups in total. The topological polar surface area (TPSA) is 68.0 Å². The number of thiazole rings is 1. The van der Waals surface area contributed by atoms with Gasteiger partial charge in [-0.1, -0.05) is 43.2 Å². The van der Waals surface area contributed by atoms with Gasteiger partial charge in [0, 0.05) is 10.9 Å². The number of nitrogens with one attached hydrogen (secondary N) is 1. The lowest BCUT2D eigenvalue weighted by atomic mass is 9.98. The first-order chi connectivity index (χ1) is 10.6. The second-order valence-corrected chi connectivity index (χ2v) is 6.89. The maximum atomic E-state index is 12.4. The van der Waals surface area contributed by atoms with Gasteiger partial charge in [0.25, 0.3) is 0 Å². The molecule has 0 aliphatic heterocycles. The molecule has 1 heterocycles. The van der Waals surface area contributed by atoms with Crippen LogP contribution in [0.3, 0.4) is 0 Å². The number of carbonyl (C=O) groups excluding carboxylic acids is 1. The summed E-state index contributed by atoms with van der Waals surface area (Å²) in [5, 5.41) is 5.97. The summed E-state index contributed by atoms with van der Waals surface area (Å²) in [5.41, 5.74) is 7.55. The average Bonchev–Trinajstić information content (AvgIpc) is 3.18. The third-order valence-corrected chi connectivity index (χ3v) is 5.28. The van der Waals surface area contributed by atoms with E-state index >= 15 is 0 Å². The minimum absolute atomic E-state index is 0.0473. The van der Waals surface area contributed by atoms with Gasteiger partial charge in [-0.25, -0.2) is 4.98 Å². The maximum Gasteiger partial charge on any atom is 0.240 e. The van der Waals surface area contributed by atoms with Gasteiger partial charge in [-0.05, 0) is 19.8 Å². The number of rotatable bonds is 4. The van der Waals surface area contributed by atoms with Crippen LogP contribution in [0.5, 0.6) is 0 Å². The van der Waals surface area contributed by atoms with Gasteiger partial charge in [-0.3, -0.25) is 4.79 Å². The SMILES string of the molecule is CC(NC(=O)C1(N)CCCC1)c1nc(-c2ccccc2)cs1. The fourth-order valence-corrected chi connectivity index (χ4v) is 3.70. The van der Waals surface area contributed by atoms with Gasteiger partial charge in [-0.2, -0.15) is 0 Å². The van der Waals surface area contributed by atoms with E-state index in [0.29, 0.717) is 0 Å². The molecular weight excluding hydrogens is 294 g/mol. The van der Waals surface area contributed by atoms with E-state index in [0.717, 1.165) is 41.9 Å². The predicted octanol–water partition coefficient (Wildman–Crippen LogP) is 3.26. The summed E-state index contributed by atoms with van der Waals surface area (Å²) in [7, 11) is 0. The van der Waals surface area contributed by atoms with Crippen LogP contribution in [0, 0.1) is 0 Å². The van der Waals surface area contributed by atoms with E-state index < -0.39 is 5.54 Å². The van der Waals surface area contributed by atoms with Gasteiger partial charge in [0.15, 0.2) is 0 Å². The second-order valence-electron chi connectivity index (χ2n) is 6.00. The maximum absolute atomic E-state index is 12.4. The van der Waals surface area contributed by atoms with Gasteiger partial charge in [0.1, 0.15) is 5.01 Å². The smallest absolute Gasteiger partial charge is 0.240 e. The van der Waals surface area contributed by atoms with E-state index in [-0.39, 0.29) is 11.9 Å². The van der Waals surface area contributed by atoms with Crippen molar-refractivity contribution in [3.8, 4) is 11.3 Å². The van der Waals surface area contributed by atoms with E-state index in [1.165, 1.54) is 0 Å². The number of amides is 1. The number of hydrogen-bond acceptors (Lipinski definition) is 4. The summed E-state index contributed by atoms with van der Waals surface area (Å²) in [4.78, 5) is 17.0. The quantitative estimate of drug-likeness (QED) is 0.910. The Labute approximate surface area is 134 Å². The van der Waals surface area contributed by atoms with Crippen molar-refractivity contribution in [1.82, 2.24) is 10.3 Å². The van der Waals surface area contributed by atoms with Crippen LogP contribution in [0.25, 0.3) is 11.3 Å². The zero-order valence-corrected chi connectivity index (χ0v) is 13.5. The Kier molecular flexibility index (Phi) is 4.27. The Morgan fingerprint density at radius 3 is 2.68 bits per heavy atom. The van der Waals surface area contributed by atoms with Gasteiger partial charge in [0.05, 0.1) is 17.3 Å². The first kappa shape index (κ1) is 15.2. The number of nitrogens with two attached hydrogens (primary N) is 1. The summed E-state index contributed by atoms with van der Waals surface area (Å²) in [6.45, 7) is 1.96. The molecule has 1 aromatic carbocycles. The molecule has 1 aliphatic rings. The monoisotopic (exact) mass is 315 g/mol. The van der Waals surface area contributed by atoms with Gasteiger partial charge in [-0.15, -0.1) is 11.3 Å². The van der Waals surface area contributed by atoms with Crippen molar-refractivity contribution in [2.24, 2.45) is 5.73 Å². The lowest BCUT2D eigenvalue weighted by molar-refractivity contribution is -0.126. The molecule has 0 bridgehead atoms. The van der Waals surface area contributed by atoms with Crippen LogP contribution < -0.4 is 11.1 Å². The van der Waals surface area contributed by atoms with Crippen molar-refractivity contribution >= 4 is 17.2 Å². The van der Waals surface area contributed by atoms with E-state index in [2.05, 4.69) is 10.3 Å². The number of aromatic nitrogens is 1. The van der Waals surface area contributed by atoms with Crippen molar-refractivity contribution in [3.05, 3.63) is 40.7 Å². The molecule has 116 valence electrons. The van der Waals surface area contributed by atoms with Crippen molar-refractivity contribution in [1.29, 1.82) is 0 Å². The fraction of sp³-hybridized carbons (Fsp3) is 0.412. The summed E-state index contributed by atoms with van der Waals surface area (Å²) < 4.78 is 0. The van der Waals surface area contributed by atoms with Crippen molar-refractivity contribution in [3.63, 3.8) is 0 Å². The average molecular weight is 315 g/mol. The summed E-state index contributed by atoms with van der Waals surface area (Å²) in [6.07, 6.45) is 3.62. The molecule has 1 amide bonds. The Bertz CT molecular complexity index is 647. The van der Waals surface area contributed by atoms with Gasteiger partial charge < -0.3 is 11.1 Å². The highest BCUT2D eigenvalue weighted by atomic mass is 32.1. The molecule has 4 nitrogen and oxygen atoms in total. The fourth-order valence-electron chi connectivity index (χ4n) is 2.86. The molecule has 1 atom stereocenters. The summed E-state index contributed by atoms with van der Waals surface area (Å²) in [6, 6.07) is 9.94. The molecule has 1 unspecified atom stereocenters. The molecule has 0 radical (unpaired) electrons. The summed E-state index contributed by atoms with van der Waals surface area (Å²) in [5.74, 6) is -0.0473. The number of hydrogen-bond donors (Lipinski definition) is 2. The Morgan fingerprint density at radius 2 is 2.00 bits per heavy atom. The zero-order chi connectivity index (χ0) is 15.6. The second kappa shape index (κ2) is 6.18. The van der Waals surface area contributed by atoms with Crippen molar-refractivity contribution < 1.29 is 4.79 Å². The van der Waals surface area contributed by atoms with Crippen LogP contribution in [0.1, 0.15) is 43.7 Å². The molecule has 1 aromatic heterocycles. The molecule has 22 heavy (non-hydrogen) atoms. The molecule has 1 fully saturated rings. The molecular formula is C17H21N3OS. The van der Waals surface area contributed by atoms with Crippen molar-refractivity contribution in [2.45, 2.75) is 44.2 Å². The standard InChI is InChI=1S/C17H21N3OS/c1-12(19-16(21)17(18)9-5-6-10-17)15-20-14(11-22-15)13-7-3-2-4-8-13/h2-4,7-8,11-12H,5-6,9-10,18H2,1H3,(H,19,21). The van der Waals surface area contributed by atoms with Crippen molar-refractivity contribution in [2.75, 3.05) is 0 Å². The van der Waals surface area contributed by atoms with E-state index in [1.807, 2.05) is 42.6 Å². The number of benzene rings is 1. The molecule has 1 saturated carbocycles. The lowest BCUT2D eigenvalue weighted by Crippen LogP contribution is -2.52. The van der Waals surface area contributed by atoms with Crippen LogP contribution in [-0.4, -0.2) is 16.4 Å².